The quantitative estimate of drug-likeness (QED) is 0.499. The highest BCUT2D eigenvalue weighted by atomic mass is 32.2. The van der Waals surface area contributed by atoms with Gasteiger partial charge < -0.3 is 9.88 Å². The van der Waals surface area contributed by atoms with Crippen LogP contribution in [0.5, 0.6) is 0 Å². The Morgan fingerprint density at radius 1 is 0.938 bits per heavy atom. The normalized spacial score (nSPS) is 14.4. The van der Waals surface area contributed by atoms with E-state index in [-0.39, 0.29) is 17.5 Å². The second-order valence-corrected chi connectivity index (χ2v) is 8.94. The first-order valence-corrected chi connectivity index (χ1v) is 12.0. The fourth-order valence-corrected chi connectivity index (χ4v) is 4.56. The fourth-order valence-electron chi connectivity index (χ4n) is 3.77. The van der Waals surface area contributed by atoms with Gasteiger partial charge in [0.25, 0.3) is 0 Å². The van der Waals surface area contributed by atoms with Crippen LogP contribution in [-0.2, 0) is 24.4 Å². The minimum Gasteiger partial charge on any atom is -0.351 e. The van der Waals surface area contributed by atoms with Crippen molar-refractivity contribution in [2.75, 3.05) is 18.8 Å². The predicted octanol–water partition coefficient (Wildman–Crippen LogP) is 3.86. The predicted molar refractivity (Wildman–Crippen MR) is 124 cm³/mol. The molecule has 6 nitrogen and oxygen atoms in total. The molecule has 1 aliphatic rings. The van der Waals surface area contributed by atoms with Gasteiger partial charge in [0.2, 0.25) is 5.91 Å². The number of halogens is 1. The lowest BCUT2D eigenvalue weighted by Crippen LogP contribution is -2.30. The first kappa shape index (κ1) is 22.5. The molecule has 2 heterocycles. The minimum absolute atomic E-state index is 0.0915. The van der Waals surface area contributed by atoms with Crippen molar-refractivity contribution >= 4 is 17.7 Å². The van der Waals surface area contributed by atoms with E-state index in [0.29, 0.717) is 13.1 Å². The number of amides is 1. The van der Waals surface area contributed by atoms with Crippen molar-refractivity contribution < 1.29 is 9.18 Å². The van der Waals surface area contributed by atoms with Crippen LogP contribution in [0.3, 0.4) is 0 Å². The zero-order chi connectivity index (χ0) is 22.2. The van der Waals surface area contributed by atoms with E-state index in [0.717, 1.165) is 36.2 Å². The molecule has 2 aromatic carbocycles. The monoisotopic (exact) mass is 453 g/mol. The van der Waals surface area contributed by atoms with Gasteiger partial charge in [-0.05, 0) is 49.2 Å². The Kier molecular flexibility index (Phi) is 7.90. The van der Waals surface area contributed by atoms with Gasteiger partial charge in [0, 0.05) is 6.54 Å². The second-order valence-electron chi connectivity index (χ2n) is 8.00. The summed E-state index contributed by atoms with van der Waals surface area (Å²) in [6, 6.07) is 16.4. The highest BCUT2D eigenvalue weighted by Crippen LogP contribution is 2.21. The van der Waals surface area contributed by atoms with Crippen LogP contribution in [0.25, 0.3) is 0 Å². The summed E-state index contributed by atoms with van der Waals surface area (Å²) in [5.74, 6) is 0.808. The van der Waals surface area contributed by atoms with E-state index in [9.17, 15) is 9.18 Å². The van der Waals surface area contributed by atoms with Crippen LogP contribution in [0.2, 0.25) is 0 Å². The molecule has 1 aliphatic heterocycles. The molecule has 0 saturated carbocycles. The maximum absolute atomic E-state index is 13.0. The van der Waals surface area contributed by atoms with Gasteiger partial charge in [0.15, 0.2) is 5.16 Å². The lowest BCUT2D eigenvalue weighted by molar-refractivity contribution is -0.118. The molecule has 3 aromatic rings. The molecule has 32 heavy (non-hydrogen) atoms. The average Bonchev–Trinajstić information content (AvgIpc) is 3.19. The van der Waals surface area contributed by atoms with Gasteiger partial charge in [0.05, 0.1) is 18.8 Å². The van der Waals surface area contributed by atoms with Crippen LogP contribution < -0.4 is 5.32 Å². The standard InChI is InChI=1S/C24H28FN5OS/c25-21-11-9-19(10-12-21)15-26-23(31)18-32-24-28-27-22(17-29-13-5-2-6-14-29)30(24)16-20-7-3-1-4-8-20/h1,3-4,7-12H,2,5-6,13-18H2,(H,26,31). The minimum atomic E-state index is -0.284. The van der Waals surface area contributed by atoms with E-state index in [1.807, 2.05) is 18.2 Å². The Morgan fingerprint density at radius 3 is 2.44 bits per heavy atom. The highest BCUT2D eigenvalue weighted by Gasteiger charge is 2.18. The summed E-state index contributed by atoms with van der Waals surface area (Å²) in [5.41, 5.74) is 2.04. The summed E-state index contributed by atoms with van der Waals surface area (Å²) < 4.78 is 15.2. The van der Waals surface area contributed by atoms with E-state index in [1.54, 1.807) is 12.1 Å². The topological polar surface area (TPSA) is 63.1 Å². The molecule has 0 bridgehead atoms. The Labute approximate surface area is 192 Å². The van der Waals surface area contributed by atoms with Crippen LogP contribution >= 0.6 is 11.8 Å². The first-order chi connectivity index (χ1) is 15.7. The number of piperidine rings is 1. The van der Waals surface area contributed by atoms with Crippen molar-refractivity contribution in [1.29, 1.82) is 0 Å². The van der Waals surface area contributed by atoms with Crippen molar-refractivity contribution in [3.05, 3.63) is 77.4 Å². The van der Waals surface area contributed by atoms with Gasteiger partial charge in [-0.2, -0.15) is 0 Å². The van der Waals surface area contributed by atoms with Gasteiger partial charge in [-0.25, -0.2) is 4.39 Å². The Morgan fingerprint density at radius 2 is 1.69 bits per heavy atom. The molecular formula is C24H28FN5OS. The van der Waals surface area contributed by atoms with Crippen LogP contribution in [0.4, 0.5) is 4.39 Å². The number of carbonyl (C=O) groups excluding carboxylic acids is 1. The molecule has 8 heteroatoms. The van der Waals surface area contributed by atoms with E-state index < -0.39 is 0 Å². The summed E-state index contributed by atoms with van der Waals surface area (Å²) >= 11 is 1.39. The number of nitrogens with one attached hydrogen (secondary N) is 1. The van der Waals surface area contributed by atoms with Crippen molar-refractivity contribution in [2.24, 2.45) is 0 Å². The van der Waals surface area contributed by atoms with Crippen LogP contribution in [0.15, 0.2) is 59.8 Å². The van der Waals surface area contributed by atoms with Crippen molar-refractivity contribution in [2.45, 2.75) is 44.1 Å². The number of thioether (sulfide) groups is 1. The molecule has 0 unspecified atom stereocenters. The largest absolute Gasteiger partial charge is 0.351 e. The number of aromatic nitrogens is 3. The Bertz CT molecular complexity index is 1000. The molecule has 168 valence electrons. The van der Waals surface area contributed by atoms with Crippen LogP contribution in [0, 0.1) is 5.82 Å². The highest BCUT2D eigenvalue weighted by molar-refractivity contribution is 7.99. The number of hydrogen-bond donors (Lipinski definition) is 1. The number of benzene rings is 2. The molecule has 1 aromatic heterocycles. The second kappa shape index (κ2) is 11.2. The molecular weight excluding hydrogens is 425 g/mol. The van der Waals surface area contributed by atoms with Crippen LogP contribution in [0.1, 0.15) is 36.2 Å². The third-order valence-electron chi connectivity index (χ3n) is 5.53. The summed E-state index contributed by atoms with van der Waals surface area (Å²) in [7, 11) is 0. The van der Waals surface area contributed by atoms with Gasteiger partial charge >= 0.3 is 0 Å². The SMILES string of the molecule is O=C(CSc1nnc(CN2CCCCC2)n1Cc1ccccc1)NCc1ccc(F)cc1. The van der Waals surface area contributed by atoms with Crippen molar-refractivity contribution in [3.63, 3.8) is 0 Å². The molecule has 0 spiro atoms. The maximum Gasteiger partial charge on any atom is 0.230 e. The molecule has 4 rings (SSSR count). The number of nitrogens with zero attached hydrogens (tertiary/aromatic N) is 4. The third-order valence-corrected chi connectivity index (χ3v) is 6.49. The number of rotatable bonds is 9. The van der Waals surface area contributed by atoms with Crippen molar-refractivity contribution in [3.8, 4) is 0 Å². The zero-order valence-electron chi connectivity index (χ0n) is 18.0. The molecule has 1 amide bonds. The van der Waals surface area contributed by atoms with Crippen LogP contribution in [-0.4, -0.2) is 44.4 Å². The van der Waals surface area contributed by atoms with Gasteiger partial charge in [0.1, 0.15) is 11.6 Å². The number of likely N-dealkylation sites (tertiary alicyclic amines) is 1. The van der Waals surface area contributed by atoms with E-state index >= 15 is 0 Å². The molecule has 0 atom stereocenters. The Balaban J connectivity index is 1.39. The smallest absolute Gasteiger partial charge is 0.230 e. The van der Waals surface area contributed by atoms with Gasteiger partial charge in [-0.3, -0.25) is 9.69 Å². The molecule has 1 N–H and O–H groups in total. The number of hydrogen-bond acceptors (Lipinski definition) is 5. The lowest BCUT2D eigenvalue weighted by Gasteiger charge is -2.26. The zero-order valence-corrected chi connectivity index (χ0v) is 18.9. The molecule has 1 saturated heterocycles. The Hall–Kier alpha value is -2.71. The van der Waals surface area contributed by atoms with Gasteiger partial charge in [-0.15, -0.1) is 10.2 Å². The molecule has 1 fully saturated rings. The van der Waals surface area contributed by atoms with E-state index in [4.69, 9.17) is 0 Å². The van der Waals surface area contributed by atoms with E-state index in [2.05, 4.69) is 37.1 Å². The summed E-state index contributed by atoms with van der Waals surface area (Å²) in [6.45, 7) is 4.00. The lowest BCUT2D eigenvalue weighted by atomic mass is 10.1. The first-order valence-electron chi connectivity index (χ1n) is 11.0. The summed E-state index contributed by atoms with van der Waals surface area (Å²) in [4.78, 5) is 14.8. The molecule has 0 aliphatic carbocycles. The average molecular weight is 454 g/mol. The van der Waals surface area contributed by atoms with Gasteiger partial charge in [-0.1, -0.05) is 60.6 Å². The summed E-state index contributed by atoms with van der Waals surface area (Å²) in [6.07, 6.45) is 3.74. The molecule has 0 radical (unpaired) electrons. The third kappa shape index (κ3) is 6.40. The van der Waals surface area contributed by atoms with E-state index in [1.165, 1.54) is 48.7 Å². The fraction of sp³-hybridized carbons (Fsp3) is 0.375. The van der Waals surface area contributed by atoms with Crippen molar-refractivity contribution in [1.82, 2.24) is 25.0 Å². The number of carbonyl (C=O) groups is 1. The summed E-state index contributed by atoms with van der Waals surface area (Å²) in [5, 5.41) is 12.5. The maximum atomic E-state index is 13.0.